The predicted octanol–water partition coefficient (Wildman–Crippen LogP) is 3.50. The maximum Gasteiger partial charge on any atom is 0.303 e. The van der Waals surface area contributed by atoms with Crippen molar-refractivity contribution < 1.29 is 19.8 Å². The molecule has 0 bridgehead atoms. The lowest BCUT2D eigenvalue weighted by atomic mass is 10.1. The maximum absolute atomic E-state index is 10.7. The van der Waals surface area contributed by atoms with E-state index in [9.17, 15) is 9.59 Å². The Morgan fingerprint density at radius 3 is 2.25 bits per heavy atom. The molecule has 4 nitrogen and oxygen atoms in total. The summed E-state index contributed by atoms with van der Waals surface area (Å²) >= 11 is 1.64. The standard InChI is InChI=1S/C15H20O4S/c1-11-4-6-12(7-5-11)13(8-9-15(18)19)20-10-2-3-14(16)17/h4-7,13H,2-3,8-10H2,1H3,(H,16,17)(H,18,19). The van der Waals surface area contributed by atoms with Gasteiger partial charge in [0.15, 0.2) is 0 Å². The lowest BCUT2D eigenvalue weighted by Gasteiger charge is -2.16. The first-order valence-electron chi connectivity index (χ1n) is 6.61. The lowest BCUT2D eigenvalue weighted by Crippen LogP contribution is -2.02. The molecule has 0 spiro atoms. The van der Waals surface area contributed by atoms with Crippen molar-refractivity contribution >= 4 is 23.7 Å². The highest BCUT2D eigenvalue weighted by molar-refractivity contribution is 7.99. The molecule has 1 unspecified atom stereocenters. The van der Waals surface area contributed by atoms with E-state index < -0.39 is 11.9 Å². The number of hydrogen-bond acceptors (Lipinski definition) is 3. The summed E-state index contributed by atoms with van der Waals surface area (Å²) < 4.78 is 0. The smallest absolute Gasteiger partial charge is 0.303 e. The van der Waals surface area contributed by atoms with E-state index in [1.54, 1.807) is 11.8 Å². The van der Waals surface area contributed by atoms with E-state index in [4.69, 9.17) is 10.2 Å². The molecule has 110 valence electrons. The fraction of sp³-hybridized carbons (Fsp3) is 0.467. The molecule has 2 N–H and O–H groups in total. The fourth-order valence-electron chi connectivity index (χ4n) is 1.83. The summed E-state index contributed by atoms with van der Waals surface area (Å²) in [4.78, 5) is 21.2. The quantitative estimate of drug-likeness (QED) is 0.682. The van der Waals surface area contributed by atoms with Gasteiger partial charge in [-0.1, -0.05) is 29.8 Å². The molecule has 1 aromatic rings. The zero-order valence-electron chi connectivity index (χ0n) is 11.5. The normalized spacial score (nSPS) is 12.1. The Labute approximate surface area is 123 Å². The van der Waals surface area contributed by atoms with Crippen molar-refractivity contribution in [1.29, 1.82) is 0 Å². The Morgan fingerprint density at radius 1 is 1.10 bits per heavy atom. The van der Waals surface area contributed by atoms with Gasteiger partial charge in [0, 0.05) is 18.1 Å². The van der Waals surface area contributed by atoms with Crippen LogP contribution in [0.2, 0.25) is 0 Å². The summed E-state index contributed by atoms with van der Waals surface area (Å²) in [6.07, 6.45) is 1.46. The molecule has 0 aliphatic carbocycles. The van der Waals surface area contributed by atoms with Gasteiger partial charge >= 0.3 is 11.9 Å². The Morgan fingerprint density at radius 2 is 1.70 bits per heavy atom. The van der Waals surface area contributed by atoms with Crippen LogP contribution in [-0.4, -0.2) is 27.9 Å². The molecule has 0 saturated carbocycles. The molecule has 0 aliphatic rings. The second-order valence-electron chi connectivity index (χ2n) is 4.70. The van der Waals surface area contributed by atoms with Gasteiger partial charge in [0.05, 0.1) is 0 Å². The molecule has 0 saturated heterocycles. The molecule has 0 aromatic heterocycles. The molecule has 20 heavy (non-hydrogen) atoms. The van der Waals surface area contributed by atoms with Crippen molar-refractivity contribution in [3.63, 3.8) is 0 Å². The maximum atomic E-state index is 10.7. The first kappa shape index (κ1) is 16.6. The van der Waals surface area contributed by atoms with Crippen LogP contribution in [0.15, 0.2) is 24.3 Å². The van der Waals surface area contributed by atoms with E-state index >= 15 is 0 Å². The Bertz CT molecular complexity index is 442. The van der Waals surface area contributed by atoms with Crippen molar-refractivity contribution in [3.8, 4) is 0 Å². The molecule has 1 aromatic carbocycles. The zero-order chi connectivity index (χ0) is 15.0. The minimum absolute atomic E-state index is 0.112. The van der Waals surface area contributed by atoms with Crippen LogP contribution in [0, 0.1) is 6.92 Å². The highest BCUT2D eigenvalue weighted by atomic mass is 32.2. The van der Waals surface area contributed by atoms with E-state index in [0.29, 0.717) is 12.8 Å². The molecular formula is C15H20O4S. The zero-order valence-corrected chi connectivity index (χ0v) is 12.4. The molecule has 1 atom stereocenters. The number of thioether (sulfide) groups is 1. The molecule has 0 heterocycles. The van der Waals surface area contributed by atoms with Gasteiger partial charge in [-0.25, -0.2) is 0 Å². The first-order valence-corrected chi connectivity index (χ1v) is 7.65. The SMILES string of the molecule is Cc1ccc(C(CCC(=O)O)SCCCC(=O)O)cc1. The van der Waals surface area contributed by atoms with Crippen molar-refractivity contribution in [3.05, 3.63) is 35.4 Å². The minimum atomic E-state index is -0.798. The van der Waals surface area contributed by atoms with E-state index in [2.05, 4.69) is 0 Å². The third-order valence-electron chi connectivity index (χ3n) is 2.92. The summed E-state index contributed by atoms with van der Waals surface area (Å²) in [7, 11) is 0. The van der Waals surface area contributed by atoms with Crippen molar-refractivity contribution in [1.82, 2.24) is 0 Å². The topological polar surface area (TPSA) is 74.6 Å². The molecule has 0 amide bonds. The van der Waals surface area contributed by atoms with Gasteiger partial charge in [-0.05, 0) is 31.1 Å². The van der Waals surface area contributed by atoms with Gasteiger partial charge in [-0.3, -0.25) is 9.59 Å². The molecule has 0 radical (unpaired) electrons. The van der Waals surface area contributed by atoms with Gasteiger partial charge in [0.2, 0.25) is 0 Å². The summed E-state index contributed by atoms with van der Waals surface area (Å²) in [5.41, 5.74) is 2.28. The van der Waals surface area contributed by atoms with Gasteiger partial charge in [0.1, 0.15) is 0 Å². The number of carboxylic acids is 2. The van der Waals surface area contributed by atoms with Gasteiger partial charge in [0.25, 0.3) is 0 Å². The van der Waals surface area contributed by atoms with Crippen LogP contribution in [0.1, 0.15) is 42.1 Å². The first-order chi connectivity index (χ1) is 9.49. The van der Waals surface area contributed by atoms with E-state index in [-0.39, 0.29) is 18.1 Å². The van der Waals surface area contributed by atoms with Crippen LogP contribution in [0.3, 0.4) is 0 Å². The number of hydrogen-bond donors (Lipinski definition) is 2. The lowest BCUT2D eigenvalue weighted by molar-refractivity contribution is -0.138. The Kier molecular flexibility index (Phi) is 7.15. The minimum Gasteiger partial charge on any atom is -0.481 e. The highest BCUT2D eigenvalue weighted by Crippen LogP contribution is 2.34. The predicted molar refractivity (Wildman–Crippen MR) is 80.1 cm³/mol. The number of carbonyl (C=O) groups is 2. The molecule has 0 aliphatic heterocycles. The van der Waals surface area contributed by atoms with E-state index in [1.165, 1.54) is 5.56 Å². The average molecular weight is 296 g/mol. The van der Waals surface area contributed by atoms with Gasteiger partial charge in [-0.15, -0.1) is 0 Å². The van der Waals surface area contributed by atoms with E-state index in [0.717, 1.165) is 11.3 Å². The Hall–Kier alpha value is -1.49. The average Bonchev–Trinajstić information content (AvgIpc) is 2.38. The summed E-state index contributed by atoms with van der Waals surface area (Å²) in [6, 6.07) is 8.07. The number of aliphatic carboxylic acids is 2. The van der Waals surface area contributed by atoms with Crippen molar-refractivity contribution in [2.45, 2.75) is 37.9 Å². The monoisotopic (exact) mass is 296 g/mol. The van der Waals surface area contributed by atoms with Crippen LogP contribution < -0.4 is 0 Å². The number of carboxylic acid groups (broad SMARTS) is 2. The number of benzene rings is 1. The second-order valence-corrected chi connectivity index (χ2v) is 6.01. The van der Waals surface area contributed by atoms with Crippen LogP contribution >= 0.6 is 11.8 Å². The highest BCUT2D eigenvalue weighted by Gasteiger charge is 2.14. The van der Waals surface area contributed by atoms with Crippen molar-refractivity contribution in [2.75, 3.05) is 5.75 Å². The van der Waals surface area contributed by atoms with Gasteiger partial charge < -0.3 is 10.2 Å². The number of rotatable bonds is 9. The fourth-order valence-corrected chi connectivity index (χ4v) is 3.06. The summed E-state index contributed by atoms with van der Waals surface area (Å²) in [5.74, 6) is -0.860. The van der Waals surface area contributed by atoms with Crippen LogP contribution in [0.5, 0.6) is 0 Å². The molecule has 0 fully saturated rings. The van der Waals surface area contributed by atoms with Crippen LogP contribution in [-0.2, 0) is 9.59 Å². The Balaban J connectivity index is 2.57. The molecule has 1 rings (SSSR count). The second kappa shape index (κ2) is 8.64. The molecule has 5 heteroatoms. The summed E-state index contributed by atoms with van der Waals surface area (Å²) in [6.45, 7) is 2.01. The third-order valence-corrected chi connectivity index (χ3v) is 4.36. The van der Waals surface area contributed by atoms with Crippen LogP contribution in [0.4, 0.5) is 0 Å². The van der Waals surface area contributed by atoms with Crippen molar-refractivity contribution in [2.24, 2.45) is 0 Å². The van der Waals surface area contributed by atoms with Gasteiger partial charge in [-0.2, -0.15) is 11.8 Å². The van der Waals surface area contributed by atoms with E-state index in [1.807, 2.05) is 31.2 Å². The summed E-state index contributed by atoms with van der Waals surface area (Å²) in [5, 5.41) is 17.5. The largest absolute Gasteiger partial charge is 0.481 e. The van der Waals surface area contributed by atoms with Crippen LogP contribution in [0.25, 0.3) is 0 Å². The third kappa shape index (κ3) is 6.61. The molecular weight excluding hydrogens is 276 g/mol. The number of aryl methyl sites for hydroxylation is 1.